The average Bonchev–Trinajstić information content (AvgIpc) is 2.95. The lowest BCUT2D eigenvalue weighted by Crippen LogP contribution is -2.33. The Balaban J connectivity index is 1.71. The van der Waals surface area contributed by atoms with Gasteiger partial charge in [0, 0.05) is 13.1 Å². The van der Waals surface area contributed by atoms with Crippen LogP contribution in [-0.4, -0.2) is 65.6 Å². The number of hydrogen-bond donors (Lipinski definition) is 0. The number of amides is 2. The first-order valence-corrected chi connectivity index (χ1v) is 12.7. The molecule has 3 rings (SSSR count). The van der Waals surface area contributed by atoms with Crippen molar-refractivity contribution in [2.24, 2.45) is 4.99 Å². The molecule has 0 unspecified atom stereocenters. The predicted octanol–water partition coefficient (Wildman–Crippen LogP) is 2.84. The number of aromatic nitrogens is 1. The lowest BCUT2D eigenvalue weighted by Gasteiger charge is -2.19. The Morgan fingerprint density at radius 1 is 1.12 bits per heavy atom. The highest BCUT2D eigenvalue weighted by Crippen LogP contribution is 2.23. The highest BCUT2D eigenvalue weighted by atomic mass is 32.2. The predicted molar refractivity (Wildman–Crippen MR) is 126 cm³/mol. The maximum absolute atomic E-state index is 12.5. The smallest absolute Gasteiger partial charge is 0.326 e. The van der Waals surface area contributed by atoms with Crippen LogP contribution in [0.3, 0.4) is 0 Å². The third-order valence-electron chi connectivity index (χ3n) is 5.11. The normalized spacial score (nSPS) is 14.9. The van der Waals surface area contributed by atoms with Gasteiger partial charge in [0.1, 0.15) is 12.3 Å². The Hall–Kier alpha value is -2.33. The fourth-order valence-electron chi connectivity index (χ4n) is 3.53. The maximum atomic E-state index is 12.5. The van der Waals surface area contributed by atoms with Gasteiger partial charge in [-0.05, 0) is 38.0 Å². The monoisotopic (exact) mass is 479 g/mol. The van der Waals surface area contributed by atoms with Crippen molar-refractivity contribution < 1.29 is 23.9 Å². The minimum absolute atomic E-state index is 0.0349. The van der Waals surface area contributed by atoms with Crippen molar-refractivity contribution in [3.8, 4) is 5.75 Å². The van der Waals surface area contributed by atoms with Gasteiger partial charge >= 0.3 is 5.97 Å². The van der Waals surface area contributed by atoms with Gasteiger partial charge in [-0.1, -0.05) is 24.2 Å². The summed E-state index contributed by atoms with van der Waals surface area (Å²) in [5.74, 6) is 0.409. The van der Waals surface area contributed by atoms with E-state index in [2.05, 4.69) is 4.99 Å². The van der Waals surface area contributed by atoms with Crippen LogP contribution in [0.15, 0.2) is 23.2 Å². The molecular formula is C22H29N3O5S2. The highest BCUT2D eigenvalue weighted by molar-refractivity contribution is 8.00. The van der Waals surface area contributed by atoms with Crippen LogP contribution in [0.5, 0.6) is 5.75 Å². The van der Waals surface area contributed by atoms with E-state index in [-0.39, 0.29) is 36.5 Å². The molecule has 1 aromatic heterocycles. The number of methoxy groups -OCH3 is 1. The molecule has 2 heterocycles. The van der Waals surface area contributed by atoms with Gasteiger partial charge in [0.05, 0.1) is 35.4 Å². The molecule has 1 aliphatic heterocycles. The second-order valence-corrected chi connectivity index (χ2v) is 9.40. The lowest BCUT2D eigenvalue weighted by atomic mass is 10.2. The lowest BCUT2D eigenvalue weighted by molar-refractivity contribution is -0.143. The van der Waals surface area contributed by atoms with Gasteiger partial charge in [-0.2, -0.15) is 4.99 Å². The number of hydrogen-bond acceptors (Lipinski definition) is 7. The van der Waals surface area contributed by atoms with E-state index in [0.29, 0.717) is 10.6 Å². The van der Waals surface area contributed by atoms with Crippen LogP contribution in [0.2, 0.25) is 0 Å². The summed E-state index contributed by atoms with van der Waals surface area (Å²) >= 11 is 2.59. The number of esters is 1. The van der Waals surface area contributed by atoms with E-state index < -0.39 is 5.97 Å². The van der Waals surface area contributed by atoms with Crippen molar-refractivity contribution >= 4 is 51.1 Å². The van der Waals surface area contributed by atoms with Crippen molar-refractivity contribution in [2.75, 3.05) is 38.3 Å². The molecule has 32 heavy (non-hydrogen) atoms. The van der Waals surface area contributed by atoms with Gasteiger partial charge in [-0.15, -0.1) is 11.8 Å². The number of carbonyl (C=O) groups excluding carboxylic acids is 3. The zero-order valence-corrected chi connectivity index (χ0v) is 20.1. The summed E-state index contributed by atoms with van der Waals surface area (Å²) in [4.78, 5) is 43.6. The number of nitrogens with zero attached hydrogens (tertiary/aromatic N) is 3. The molecule has 0 atom stereocenters. The first-order valence-electron chi connectivity index (χ1n) is 10.8. The summed E-state index contributed by atoms with van der Waals surface area (Å²) in [5, 5.41) is 0. The minimum atomic E-state index is -0.394. The molecule has 0 saturated carbocycles. The van der Waals surface area contributed by atoms with E-state index in [9.17, 15) is 14.4 Å². The van der Waals surface area contributed by atoms with Crippen LogP contribution in [0.25, 0.3) is 10.2 Å². The fourth-order valence-corrected chi connectivity index (χ4v) is 5.30. The number of likely N-dealkylation sites (tertiary alicyclic amines) is 1. The van der Waals surface area contributed by atoms with E-state index in [1.54, 1.807) is 24.7 Å². The number of thioether (sulfide) groups is 1. The molecule has 10 heteroatoms. The van der Waals surface area contributed by atoms with Crippen molar-refractivity contribution in [1.82, 2.24) is 9.47 Å². The average molecular weight is 480 g/mol. The number of rotatable bonds is 8. The topological polar surface area (TPSA) is 90.2 Å². The van der Waals surface area contributed by atoms with Crippen LogP contribution in [0.1, 0.15) is 32.6 Å². The first-order chi connectivity index (χ1) is 15.5. The standard InChI is InChI=1S/C22H29N3O5S2/c1-3-30-21(28)13-25-17-9-8-16(29-2)12-18(17)32-22(25)23-19(26)14-31-15-20(27)24-10-6-4-5-7-11-24/h8-9,12H,3-7,10-11,13-15H2,1-2H3. The van der Waals surface area contributed by atoms with Crippen LogP contribution >= 0.6 is 23.1 Å². The van der Waals surface area contributed by atoms with Crippen molar-refractivity contribution in [1.29, 1.82) is 0 Å². The summed E-state index contributed by atoms with van der Waals surface area (Å²) in [6.45, 7) is 3.60. The SMILES string of the molecule is CCOC(=O)Cn1c(=NC(=O)CSCC(=O)N2CCCCCC2)sc2cc(OC)ccc21. The molecule has 174 valence electrons. The molecule has 1 fully saturated rings. The summed E-state index contributed by atoms with van der Waals surface area (Å²) in [6, 6.07) is 5.48. The molecule has 2 amide bonds. The first kappa shape index (κ1) is 24.3. The molecule has 0 N–H and O–H groups in total. The third-order valence-corrected chi connectivity index (χ3v) is 7.06. The number of fused-ring (bicyclic) bond motifs is 1. The summed E-state index contributed by atoms with van der Waals surface area (Å²) in [7, 11) is 1.58. The van der Waals surface area contributed by atoms with Crippen LogP contribution in [0, 0.1) is 0 Å². The molecule has 1 aliphatic rings. The molecule has 1 saturated heterocycles. The van der Waals surface area contributed by atoms with Crippen LogP contribution in [-0.2, 0) is 25.7 Å². The summed E-state index contributed by atoms with van der Waals surface area (Å²) in [6.07, 6.45) is 4.42. The molecule has 2 aromatic rings. The molecule has 0 radical (unpaired) electrons. The van der Waals surface area contributed by atoms with Gasteiger partial charge in [-0.3, -0.25) is 14.4 Å². The Bertz CT molecular complexity index is 1020. The van der Waals surface area contributed by atoms with E-state index in [1.807, 2.05) is 17.0 Å². The Kier molecular flexibility index (Phi) is 9.16. The molecule has 1 aromatic carbocycles. The van der Waals surface area contributed by atoms with E-state index in [4.69, 9.17) is 9.47 Å². The van der Waals surface area contributed by atoms with E-state index >= 15 is 0 Å². The summed E-state index contributed by atoms with van der Waals surface area (Å²) < 4.78 is 12.9. The number of ether oxygens (including phenoxy) is 2. The Labute approximate surface area is 195 Å². The molecule has 8 nitrogen and oxygen atoms in total. The number of benzene rings is 1. The van der Waals surface area contributed by atoms with Crippen LogP contribution in [0.4, 0.5) is 0 Å². The van der Waals surface area contributed by atoms with E-state index in [0.717, 1.165) is 36.1 Å². The van der Waals surface area contributed by atoms with Gasteiger partial charge in [0.15, 0.2) is 4.80 Å². The minimum Gasteiger partial charge on any atom is -0.497 e. The van der Waals surface area contributed by atoms with Crippen molar-refractivity contribution in [2.45, 2.75) is 39.2 Å². The Morgan fingerprint density at radius 3 is 2.56 bits per heavy atom. The molecular weight excluding hydrogens is 450 g/mol. The second-order valence-electron chi connectivity index (χ2n) is 7.40. The third kappa shape index (κ3) is 6.59. The van der Waals surface area contributed by atoms with Gasteiger partial charge < -0.3 is 18.9 Å². The quantitative estimate of drug-likeness (QED) is 0.541. The molecule has 0 aliphatic carbocycles. The van der Waals surface area contributed by atoms with Crippen molar-refractivity contribution in [3.63, 3.8) is 0 Å². The number of carbonyl (C=O) groups is 3. The summed E-state index contributed by atoms with van der Waals surface area (Å²) in [5.41, 5.74) is 0.777. The van der Waals surface area contributed by atoms with Gasteiger partial charge in [-0.25, -0.2) is 0 Å². The van der Waals surface area contributed by atoms with Gasteiger partial charge in [0.25, 0.3) is 5.91 Å². The number of thiazole rings is 1. The zero-order chi connectivity index (χ0) is 22.9. The molecule has 0 spiro atoms. The largest absolute Gasteiger partial charge is 0.497 e. The Morgan fingerprint density at radius 2 is 1.88 bits per heavy atom. The van der Waals surface area contributed by atoms with Crippen molar-refractivity contribution in [3.05, 3.63) is 23.0 Å². The van der Waals surface area contributed by atoms with Crippen LogP contribution < -0.4 is 9.54 Å². The second kappa shape index (κ2) is 12.1. The maximum Gasteiger partial charge on any atom is 0.326 e. The van der Waals surface area contributed by atoms with Gasteiger partial charge in [0.2, 0.25) is 5.91 Å². The fraction of sp³-hybridized carbons (Fsp3) is 0.545. The van der Waals surface area contributed by atoms with E-state index in [1.165, 1.54) is 35.9 Å². The molecule has 0 bridgehead atoms. The zero-order valence-electron chi connectivity index (χ0n) is 18.5. The highest BCUT2D eigenvalue weighted by Gasteiger charge is 2.16.